The zero-order valence-corrected chi connectivity index (χ0v) is 14.2. The molecule has 0 aliphatic heterocycles. The fraction of sp³-hybridized carbons (Fsp3) is 0.467. The van der Waals surface area contributed by atoms with E-state index in [9.17, 15) is 9.59 Å². The topological polar surface area (TPSA) is 49.4 Å². The van der Waals surface area contributed by atoms with Crippen molar-refractivity contribution in [3.63, 3.8) is 0 Å². The Balaban J connectivity index is 2.96. The van der Waals surface area contributed by atoms with E-state index in [0.717, 1.165) is 0 Å². The Morgan fingerprint density at radius 2 is 1.76 bits per heavy atom. The molecule has 0 bridgehead atoms. The van der Waals surface area contributed by atoms with Crippen LogP contribution in [-0.4, -0.2) is 29.8 Å². The minimum atomic E-state index is -1.18. The highest BCUT2D eigenvalue weighted by atomic mass is 35.5. The Kier molecular flexibility index (Phi) is 6.05. The lowest BCUT2D eigenvalue weighted by molar-refractivity contribution is -0.146. The monoisotopic (exact) mass is 330 g/mol. The summed E-state index contributed by atoms with van der Waals surface area (Å²) in [7, 11) is 0. The predicted molar refractivity (Wildman–Crippen MR) is 86.8 cm³/mol. The summed E-state index contributed by atoms with van der Waals surface area (Å²) in [5.41, 5.74) is -0.785. The summed E-state index contributed by atoms with van der Waals surface area (Å²) in [5, 5.41) is 3.51. The summed E-state index contributed by atoms with van der Waals surface area (Å²) in [6, 6.07) is 4.78. The minimum absolute atomic E-state index is 0.219. The average molecular weight is 331 g/mol. The Labute approximate surface area is 135 Å². The number of carbonyl (C=O) groups is 2. The molecule has 0 fully saturated rings. The van der Waals surface area contributed by atoms with Gasteiger partial charge >= 0.3 is 0 Å². The molecule has 0 unspecified atom stereocenters. The van der Waals surface area contributed by atoms with Crippen LogP contribution in [0.25, 0.3) is 0 Å². The van der Waals surface area contributed by atoms with Gasteiger partial charge in [0.2, 0.25) is 11.8 Å². The summed E-state index contributed by atoms with van der Waals surface area (Å²) in [4.78, 5) is 26.5. The Hall–Kier alpha value is -1.26. The third-order valence-corrected chi connectivity index (χ3v) is 3.89. The fourth-order valence-corrected chi connectivity index (χ4v) is 2.21. The van der Waals surface area contributed by atoms with Gasteiger partial charge in [-0.2, -0.15) is 0 Å². The van der Waals surface area contributed by atoms with Gasteiger partial charge in [-0.05, 0) is 45.9 Å². The molecule has 116 valence electrons. The summed E-state index contributed by atoms with van der Waals surface area (Å²) >= 11 is 11.9. The zero-order valence-electron chi connectivity index (χ0n) is 12.7. The maximum Gasteiger partial charge on any atom is 0.239 e. The lowest BCUT2D eigenvalue weighted by atomic mass is 9.90. The van der Waals surface area contributed by atoms with E-state index in [2.05, 4.69) is 5.32 Å². The van der Waals surface area contributed by atoms with Crippen LogP contribution in [-0.2, 0) is 9.59 Å². The number of hydrogen-bond acceptors (Lipinski definition) is 2. The van der Waals surface area contributed by atoms with Crippen LogP contribution in [0.5, 0.6) is 0 Å². The summed E-state index contributed by atoms with van der Waals surface area (Å²) in [6.07, 6.45) is 0. The smallest absolute Gasteiger partial charge is 0.239 e. The molecule has 0 aliphatic rings. The molecule has 0 saturated carbocycles. The average Bonchev–Trinajstić information content (AvgIpc) is 2.43. The fourth-order valence-electron chi connectivity index (χ4n) is 1.88. The Morgan fingerprint density at radius 3 is 2.29 bits per heavy atom. The van der Waals surface area contributed by atoms with Crippen LogP contribution in [0.2, 0.25) is 10.0 Å². The second-order valence-electron chi connectivity index (χ2n) is 5.18. The first-order valence-corrected chi connectivity index (χ1v) is 7.55. The van der Waals surface area contributed by atoms with Crippen molar-refractivity contribution < 1.29 is 9.59 Å². The van der Waals surface area contributed by atoms with Crippen LogP contribution in [0.4, 0.5) is 5.69 Å². The van der Waals surface area contributed by atoms with Crippen LogP contribution in [0.15, 0.2) is 18.2 Å². The van der Waals surface area contributed by atoms with Crippen LogP contribution in [0.1, 0.15) is 27.7 Å². The molecule has 4 nitrogen and oxygen atoms in total. The van der Waals surface area contributed by atoms with E-state index in [0.29, 0.717) is 28.8 Å². The normalized spacial score (nSPS) is 11.1. The van der Waals surface area contributed by atoms with Crippen molar-refractivity contribution in [2.45, 2.75) is 27.7 Å². The SMILES string of the molecule is CCN(CC)C(=O)C(C)(C)C(=O)Nc1cc(Cl)ccc1Cl. The van der Waals surface area contributed by atoms with Gasteiger partial charge in [0.25, 0.3) is 0 Å². The third kappa shape index (κ3) is 4.11. The highest BCUT2D eigenvalue weighted by Crippen LogP contribution is 2.28. The predicted octanol–water partition coefficient (Wildman–Crippen LogP) is 3.83. The highest BCUT2D eigenvalue weighted by Gasteiger charge is 2.38. The molecule has 1 rings (SSSR count). The second-order valence-corrected chi connectivity index (χ2v) is 6.02. The van der Waals surface area contributed by atoms with Crippen molar-refractivity contribution in [2.75, 3.05) is 18.4 Å². The largest absolute Gasteiger partial charge is 0.342 e. The Bertz CT molecular complexity index is 540. The van der Waals surface area contributed by atoms with Gasteiger partial charge in [-0.15, -0.1) is 0 Å². The van der Waals surface area contributed by atoms with Crippen LogP contribution in [0, 0.1) is 5.41 Å². The second kappa shape index (κ2) is 7.14. The summed E-state index contributed by atoms with van der Waals surface area (Å²) in [5.74, 6) is -0.633. The first-order chi connectivity index (χ1) is 9.73. The van der Waals surface area contributed by atoms with Crippen molar-refractivity contribution in [3.05, 3.63) is 28.2 Å². The first kappa shape index (κ1) is 17.8. The number of benzene rings is 1. The lowest BCUT2D eigenvalue weighted by Gasteiger charge is -2.29. The number of nitrogens with one attached hydrogen (secondary N) is 1. The van der Waals surface area contributed by atoms with Gasteiger partial charge < -0.3 is 10.2 Å². The number of carbonyl (C=O) groups excluding carboxylic acids is 2. The molecule has 0 aliphatic carbocycles. The number of hydrogen-bond donors (Lipinski definition) is 1. The van der Waals surface area contributed by atoms with Crippen molar-refractivity contribution in [2.24, 2.45) is 5.41 Å². The maximum atomic E-state index is 12.4. The minimum Gasteiger partial charge on any atom is -0.342 e. The van der Waals surface area contributed by atoms with E-state index in [1.807, 2.05) is 13.8 Å². The number of amides is 2. The number of nitrogens with zero attached hydrogens (tertiary/aromatic N) is 1. The standard InChI is InChI=1S/C15H20Cl2N2O2/c1-5-19(6-2)14(21)15(3,4)13(20)18-12-9-10(16)7-8-11(12)17/h7-9H,5-6H2,1-4H3,(H,18,20). The Morgan fingerprint density at radius 1 is 1.19 bits per heavy atom. The van der Waals surface area contributed by atoms with E-state index in [-0.39, 0.29) is 5.91 Å². The molecule has 1 aromatic carbocycles. The molecular formula is C15H20Cl2N2O2. The third-order valence-electron chi connectivity index (χ3n) is 3.33. The number of anilines is 1. The highest BCUT2D eigenvalue weighted by molar-refractivity contribution is 6.35. The van der Waals surface area contributed by atoms with Crippen molar-refractivity contribution in [1.29, 1.82) is 0 Å². The van der Waals surface area contributed by atoms with Crippen LogP contribution < -0.4 is 5.32 Å². The quantitative estimate of drug-likeness (QED) is 0.834. The van der Waals surface area contributed by atoms with Gasteiger partial charge in [0.1, 0.15) is 5.41 Å². The van der Waals surface area contributed by atoms with Gasteiger partial charge in [0.15, 0.2) is 0 Å². The van der Waals surface area contributed by atoms with Gasteiger partial charge in [0, 0.05) is 18.1 Å². The first-order valence-electron chi connectivity index (χ1n) is 6.79. The molecule has 1 aromatic rings. The molecule has 1 N–H and O–H groups in total. The zero-order chi connectivity index (χ0) is 16.2. The van der Waals surface area contributed by atoms with Gasteiger partial charge in [-0.25, -0.2) is 0 Å². The van der Waals surface area contributed by atoms with Crippen molar-refractivity contribution in [3.8, 4) is 0 Å². The molecule has 0 radical (unpaired) electrons. The van der Waals surface area contributed by atoms with Gasteiger partial charge in [-0.1, -0.05) is 23.2 Å². The molecular weight excluding hydrogens is 311 g/mol. The van der Waals surface area contributed by atoms with E-state index in [1.165, 1.54) is 0 Å². The van der Waals surface area contributed by atoms with Gasteiger partial charge in [0.05, 0.1) is 10.7 Å². The van der Waals surface area contributed by atoms with Crippen molar-refractivity contribution in [1.82, 2.24) is 4.90 Å². The molecule has 0 atom stereocenters. The molecule has 0 saturated heterocycles. The van der Waals surface area contributed by atoms with Gasteiger partial charge in [-0.3, -0.25) is 9.59 Å². The molecule has 0 aromatic heterocycles. The maximum absolute atomic E-state index is 12.4. The van der Waals surface area contributed by atoms with Crippen LogP contribution in [0.3, 0.4) is 0 Å². The summed E-state index contributed by atoms with van der Waals surface area (Å²) in [6.45, 7) is 8.07. The van der Waals surface area contributed by atoms with Crippen LogP contribution >= 0.6 is 23.2 Å². The summed E-state index contributed by atoms with van der Waals surface area (Å²) < 4.78 is 0. The van der Waals surface area contributed by atoms with Crippen molar-refractivity contribution >= 4 is 40.7 Å². The molecule has 0 spiro atoms. The molecule has 21 heavy (non-hydrogen) atoms. The number of halogens is 2. The van der Waals surface area contributed by atoms with E-state index in [1.54, 1.807) is 36.9 Å². The molecule has 6 heteroatoms. The molecule has 2 amide bonds. The van der Waals surface area contributed by atoms with E-state index < -0.39 is 11.3 Å². The van der Waals surface area contributed by atoms with E-state index in [4.69, 9.17) is 23.2 Å². The van der Waals surface area contributed by atoms with E-state index >= 15 is 0 Å². The number of rotatable bonds is 5. The lowest BCUT2D eigenvalue weighted by Crippen LogP contribution is -2.47. The molecule has 0 heterocycles.